The molecule has 78 heavy (non-hydrogen) atoms. The number of anilines is 1. The van der Waals surface area contributed by atoms with E-state index in [0.29, 0.717) is 21.1 Å². The van der Waals surface area contributed by atoms with E-state index in [2.05, 4.69) is 10.5 Å². The Hall–Kier alpha value is -9.25. The van der Waals surface area contributed by atoms with Gasteiger partial charge in [-0.05, 0) is 41.7 Å². The predicted molar refractivity (Wildman–Crippen MR) is 235 cm³/mol. The number of nitro groups is 2. The highest BCUT2D eigenvalue weighted by molar-refractivity contribution is 6.22. The number of nitrogens with zero attached hydrogens (tertiary/aromatic N) is 4. The third-order valence-electron chi connectivity index (χ3n) is 11.2. The van der Waals surface area contributed by atoms with Crippen molar-refractivity contribution in [1.82, 2.24) is 9.80 Å². The van der Waals surface area contributed by atoms with E-state index in [-0.39, 0.29) is 49.7 Å². The molecule has 9 rings (SSSR count). The Bertz CT molecular complexity index is 3350. The first-order valence-corrected chi connectivity index (χ1v) is 21.4. The fourth-order valence-corrected chi connectivity index (χ4v) is 7.34. The van der Waals surface area contributed by atoms with Crippen LogP contribution in [-0.2, 0) is 24.0 Å². The second-order valence-electron chi connectivity index (χ2n) is 15.9. The summed E-state index contributed by atoms with van der Waals surface area (Å²) in [5.41, 5.74) is 5.20. The van der Waals surface area contributed by atoms with Gasteiger partial charge in [-0.1, -0.05) is 36.4 Å². The second-order valence-corrected chi connectivity index (χ2v) is 15.9. The maximum absolute atomic E-state index is 13.8. The number of benzene rings is 6. The maximum Gasteiger partial charge on any atom is 0.350 e. The number of rotatable bonds is 10. The molecular weight excluding hydrogens is 1100 g/mol. The van der Waals surface area contributed by atoms with Crippen molar-refractivity contribution in [1.29, 1.82) is 0 Å². The number of cyclic esters (lactones) is 2. The van der Waals surface area contributed by atoms with Gasteiger partial charge >= 0.3 is 11.9 Å². The predicted octanol–water partition coefficient (Wildman–Crippen LogP) is 4.59. The number of nitrogens with two attached hydrogens (primary N) is 1. The molecule has 408 valence electrons. The molecule has 4 amide bonds. The molecule has 30 heteroatoms. The van der Waals surface area contributed by atoms with Crippen LogP contribution in [0.4, 0.5) is 69.7 Å². The van der Waals surface area contributed by atoms with Crippen molar-refractivity contribution >= 4 is 52.6 Å². The Morgan fingerprint density at radius 2 is 0.654 bits per heavy atom. The molecule has 17 nitrogen and oxygen atoms in total. The Labute approximate surface area is 433 Å². The first-order valence-electron chi connectivity index (χ1n) is 21.4. The SMILES string of the molecule is Nc1ccc(CCN2C(=O)c3c(F)c(F)c(F)c(F)c3C2=O)cc1.O=C1OC(=O)c2c(F)c(F)c(F)c(F)c21.O=C1c2c(F)c(F)c(F)c(F)c2C(=O)N1CCc1ccc([N+](=O)[O-])cc1.[Cl-].[NH3+]CCc1ccc([N+](=O)[O-])cc1. The average Bonchev–Trinajstić information content (AvgIpc) is 4.07. The van der Waals surface area contributed by atoms with E-state index in [1.807, 2.05) is 0 Å². The number of fused-ring (bicyclic) bond motifs is 3. The van der Waals surface area contributed by atoms with E-state index >= 15 is 0 Å². The van der Waals surface area contributed by atoms with E-state index in [1.54, 1.807) is 36.4 Å². The molecule has 5 N–H and O–H groups in total. The molecule has 0 saturated carbocycles. The highest BCUT2D eigenvalue weighted by atomic mass is 35.5. The van der Waals surface area contributed by atoms with Gasteiger partial charge in [0.25, 0.3) is 35.0 Å². The molecule has 6 aromatic carbocycles. The van der Waals surface area contributed by atoms with Crippen LogP contribution in [0.2, 0.25) is 0 Å². The van der Waals surface area contributed by atoms with Crippen LogP contribution in [0.3, 0.4) is 0 Å². The number of carbonyl (C=O) groups excluding carboxylic acids is 6. The Balaban J connectivity index is 0.000000199. The molecule has 6 aromatic rings. The number of halogens is 13. The first-order chi connectivity index (χ1) is 36.2. The van der Waals surface area contributed by atoms with Gasteiger partial charge in [-0.25, -0.2) is 62.3 Å². The van der Waals surface area contributed by atoms with Gasteiger partial charge in [0, 0.05) is 49.5 Å². The fourth-order valence-electron chi connectivity index (χ4n) is 7.34. The minimum absolute atomic E-state index is 0. The molecule has 0 unspecified atom stereocenters. The van der Waals surface area contributed by atoms with Gasteiger partial charge in [0.05, 0.1) is 38.6 Å². The number of nitrogen functional groups attached to an aromatic ring is 1. The van der Waals surface area contributed by atoms with Crippen LogP contribution in [0.5, 0.6) is 0 Å². The largest absolute Gasteiger partial charge is 1.00 e. The van der Waals surface area contributed by atoms with Crippen LogP contribution >= 0.6 is 0 Å². The van der Waals surface area contributed by atoms with Crippen LogP contribution in [0.25, 0.3) is 0 Å². The highest BCUT2D eigenvalue weighted by Gasteiger charge is 2.45. The molecule has 3 aliphatic heterocycles. The van der Waals surface area contributed by atoms with Gasteiger partial charge in [-0.15, -0.1) is 0 Å². The van der Waals surface area contributed by atoms with Gasteiger partial charge in [0.15, 0.2) is 69.8 Å². The number of carbonyl (C=O) groups is 6. The summed E-state index contributed by atoms with van der Waals surface area (Å²) < 4.78 is 163. The van der Waals surface area contributed by atoms with Gasteiger partial charge in [0.1, 0.15) is 11.1 Å². The molecule has 0 spiro atoms. The minimum Gasteiger partial charge on any atom is -1.00 e. The normalized spacial score (nSPS) is 12.8. The summed E-state index contributed by atoms with van der Waals surface area (Å²) in [4.78, 5) is 90.9. The summed E-state index contributed by atoms with van der Waals surface area (Å²) in [5.74, 6) is -32.3. The highest BCUT2D eigenvalue weighted by Crippen LogP contribution is 2.34. The third-order valence-corrected chi connectivity index (χ3v) is 11.2. The van der Waals surface area contributed by atoms with E-state index < -0.39 is 149 Å². The molecule has 0 bridgehead atoms. The summed E-state index contributed by atoms with van der Waals surface area (Å²) in [6.07, 6.45) is 1.09. The lowest BCUT2D eigenvalue weighted by molar-refractivity contribution is -0.385. The van der Waals surface area contributed by atoms with Gasteiger partial charge in [0.2, 0.25) is 0 Å². The number of hydrogen-bond donors (Lipinski definition) is 2. The number of amides is 4. The number of non-ortho nitro benzene ring substituents is 2. The Morgan fingerprint density at radius 3 is 0.910 bits per heavy atom. The molecule has 0 radical (unpaired) electrons. The zero-order chi connectivity index (χ0) is 57.1. The molecule has 3 heterocycles. The molecule has 3 aliphatic rings. The maximum atomic E-state index is 13.8. The summed E-state index contributed by atoms with van der Waals surface area (Å²) in [6, 6.07) is 18.3. The van der Waals surface area contributed by atoms with Crippen molar-refractivity contribution in [3.05, 3.63) is 213 Å². The number of nitro benzene ring substituents is 2. The van der Waals surface area contributed by atoms with Crippen LogP contribution < -0.4 is 23.9 Å². The van der Waals surface area contributed by atoms with Crippen LogP contribution in [0.1, 0.15) is 78.8 Å². The topological polar surface area (TPSA) is 258 Å². The lowest BCUT2D eigenvalue weighted by Crippen LogP contribution is -3.00. The molecule has 0 fully saturated rings. The van der Waals surface area contributed by atoms with Crippen molar-refractivity contribution in [2.45, 2.75) is 19.3 Å². The van der Waals surface area contributed by atoms with Crippen molar-refractivity contribution in [2.75, 3.05) is 25.4 Å². The average molecular weight is 1130 g/mol. The lowest BCUT2D eigenvalue weighted by atomic mass is 10.1. The van der Waals surface area contributed by atoms with E-state index in [0.717, 1.165) is 24.1 Å². The minimum atomic E-state index is -2.17. The van der Waals surface area contributed by atoms with Crippen LogP contribution in [0, 0.1) is 90.0 Å². The van der Waals surface area contributed by atoms with Gasteiger partial charge in [-0.3, -0.25) is 49.2 Å². The zero-order valence-corrected chi connectivity index (χ0v) is 39.4. The molecule has 0 saturated heterocycles. The van der Waals surface area contributed by atoms with Gasteiger partial charge in [-0.2, -0.15) is 0 Å². The Morgan fingerprint density at radius 1 is 0.410 bits per heavy atom. The molecule has 0 aromatic heterocycles. The lowest BCUT2D eigenvalue weighted by Gasteiger charge is -2.13. The second kappa shape index (κ2) is 24.2. The third kappa shape index (κ3) is 11.6. The van der Waals surface area contributed by atoms with Crippen LogP contribution in [-0.4, -0.2) is 74.8 Å². The van der Waals surface area contributed by atoms with Crippen molar-refractivity contribution < 1.29 is 114 Å². The fraction of sp³-hybridized carbons (Fsp3) is 0.125. The number of quaternary nitrogens is 1. The smallest absolute Gasteiger partial charge is 0.350 e. The monoisotopic (exact) mass is 1130 g/mol. The molecule has 0 atom stereocenters. The van der Waals surface area contributed by atoms with E-state index in [4.69, 9.17) is 5.73 Å². The van der Waals surface area contributed by atoms with Crippen molar-refractivity contribution in [2.24, 2.45) is 0 Å². The molecular formula is C48H29ClF12N6O11. The van der Waals surface area contributed by atoms with Gasteiger partial charge < -0.3 is 28.6 Å². The van der Waals surface area contributed by atoms with Crippen LogP contribution in [0.15, 0.2) is 72.8 Å². The standard InChI is InChI=1S/C16H8F4N2O4.C16H10F4N2O2.C8F4O3.C8H10N2O2.ClH/c17-11-9-10(12(18)14(20)13(11)19)16(24)21(15(9)23)6-5-7-1-3-8(4-2-7)22(25)26;17-11-9-10(12(18)14(20)13(11)19)16(24)22(15(9)23)6-5-7-1-3-8(21)4-2-7;9-3-1-2(8(14)15-7(1)13)4(10)6(12)5(3)11;9-6-5-7-1-3-8(4-2-7)10(11)12;/h1-4H,5-6H2;1-4H,5-6,21H2;;1-4H,5-6,9H2;1H. The van der Waals surface area contributed by atoms with E-state index in [1.165, 1.54) is 36.4 Å². The molecule has 0 aliphatic carbocycles. The summed E-state index contributed by atoms with van der Waals surface area (Å²) in [7, 11) is 0. The Kier molecular flexibility index (Phi) is 18.5. The first kappa shape index (κ1) is 59.6. The summed E-state index contributed by atoms with van der Waals surface area (Å²) in [6.45, 7) is 0.294. The van der Waals surface area contributed by atoms with Crippen molar-refractivity contribution in [3.8, 4) is 0 Å². The van der Waals surface area contributed by atoms with E-state index in [9.17, 15) is 102 Å². The summed E-state index contributed by atoms with van der Waals surface area (Å²) in [5, 5.41) is 20.8. The quantitative estimate of drug-likeness (QED) is 0.0220. The van der Waals surface area contributed by atoms with Crippen molar-refractivity contribution in [3.63, 3.8) is 0 Å². The number of esters is 2. The number of imide groups is 2. The zero-order valence-electron chi connectivity index (χ0n) is 38.6. The summed E-state index contributed by atoms with van der Waals surface area (Å²) >= 11 is 0. The number of hydrogen-bond acceptors (Lipinski definition) is 12. The number of ether oxygens (including phenoxy) is 1.